The number of benzene rings is 1. The van der Waals surface area contributed by atoms with Crippen LogP contribution >= 0.6 is 0 Å². The van der Waals surface area contributed by atoms with E-state index in [4.69, 9.17) is 10.5 Å². The van der Waals surface area contributed by atoms with Gasteiger partial charge in [0, 0.05) is 19.6 Å². The monoisotopic (exact) mass is 263 g/mol. The first-order valence-corrected chi connectivity index (χ1v) is 6.60. The van der Waals surface area contributed by atoms with Crippen LogP contribution in [-0.4, -0.2) is 44.1 Å². The average Bonchev–Trinajstić information content (AvgIpc) is 2.68. The molecule has 1 aromatic rings. The summed E-state index contributed by atoms with van der Waals surface area (Å²) in [5.74, 6) is 0.483. The van der Waals surface area contributed by atoms with Gasteiger partial charge in [0.25, 0.3) is 0 Å². The molecule has 1 amide bonds. The van der Waals surface area contributed by atoms with E-state index in [1.165, 1.54) is 0 Å². The molecule has 2 rings (SSSR count). The SMILES string of the molecule is COc1ccc(C(C(N)=O)N2CCCNCC2)cc1. The van der Waals surface area contributed by atoms with Gasteiger partial charge in [-0.3, -0.25) is 9.69 Å². The number of nitrogens with one attached hydrogen (secondary N) is 1. The van der Waals surface area contributed by atoms with E-state index in [9.17, 15) is 4.79 Å². The molecule has 1 atom stereocenters. The molecule has 0 spiro atoms. The maximum Gasteiger partial charge on any atom is 0.239 e. The Morgan fingerprint density at radius 3 is 2.68 bits per heavy atom. The van der Waals surface area contributed by atoms with Gasteiger partial charge in [0.15, 0.2) is 0 Å². The Morgan fingerprint density at radius 2 is 2.05 bits per heavy atom. The second-order valence-corrected chi connectivity index (χ2v) is 4.72. The molecule has 0 aromatic heterocycles. The van der Waals surface area contributed by atoms with Crippen LogP contribution in [0.1, 0.15) is 18.0 Å². The Bertz CT molecular complexity index is 411. The number of hydrogen-bond acceptors (Lipinski definition) is 4. The van der Waals surface area contributed by atoms with Gasteiger partial charge in [0.05, 0.1) is 7.11 Å². The number of rotatable bonds is 4. The minimum atomic E-state index is -0.356. The molecular formula is C14H21N3O2. The number of carbonyl (C=O) groups excluding carboxylic acids is 1. The third kappa shape index (κ3) is 3.45. The lowest BCUT2D eigenvalue weighted by atomic mass is 10.0. The normalized spacial score (nSPS) is 18.6. The molecule has 1 heterocycles. The molecule has 1 fully saturated rings. The van der Waals surface area contributed by atoms with Crippen molar-refractivity contribution in [1.29, 1.82) is 0 Å². The lowest BCUT2D eigenvalue weighted by molar-refractivity contribution is -0.123. The Labute approximate surface area is 113 Å². The van der Waals surface area contributed by atoms with Crippen LogP contribution in [0.4, 0.5) is 0 Å². The van der Waals surface area contributed by atoms with Crippen molar-refractivity contribution in [3.8, 4) is 5.75 Å². The van der Waals surface area contributed by atoms with Crippen LogP contribution in [0, 0.1) is 0 Å². The largest absolute Gasteiger partial charge is 0.497 e. The van der Waals surface area contributed by atoms with Crippen molar-refractivity contribution in [3.05, 3.63) is 29.8 Å². The van der Waals surface area contributed by atoms with Crippen molar-refractivity contribution in [2.45, 2.75) is 12.5 Å². The molecule has 19 heavy (non-hydrogen) atoms. The summed E-state index contributed by atoms with van der Waals surface area (Å²) < 4.78 is 5.14. The van der Waals surface area contributed by atoms with Gasteiger partial charge in [-0.1, -0.05) is 12.1 Å². The van der Waals surface area contributed by atoms with E-state index >= 15 is 0 Å². The molecule has 1 unspecified atom stereocenters. The van der Waals surface area contributed by atoms with Crippen molar-refractivity contribution in [1.82, 2.24) is 10.2 Å². The third-order valence-electron chi connectivity index (χ3n) is 3.44. The van der Waals surface area contributed by atoms with Crippen LogP contribution < -0.4 is 15.8 Å². The summed E-state index contributed by atoms with van der Waals surface area (Å²) in [6.45, 7) is 3.59. The zero-order valence-electron chi connectivity index (χ0n) is 11.3. The van der Waals surface area contributed by atoms with Crippen LogP contribution in [0.25, 0.3) is 0 Å². The summed E-state index contributed by atoms with van der Waals surface area (Å²) in [5.41, 5.74) is 6.51. The van der Waals surface area contributed by atoms with Gasteiger partial charge in [0.2, 0.25) is 5.91 Å². The molecule has 104 valence electrons. The first-order chi connectivity index (χ1) is 9.22. The highest BCUT2D eigenvalue weighted by molar-refractivity contribution is 5.81. The molecule has 0 bridgehead atoms. The fourth-order valence-electron chi connectivity index (χ4n) is 2.47. The van der Waals surface area contributed by atoms with E-state index in [1.54, 1.807) is 7.11 Å². The third-order valence-corrected chi connectivity index (χ3v) is 3.44. The maximum absolute atomic E-state index is 11.8. The fourth-order valence-corrected chi connectivity index (χ4v) is 2.47. The van der Waals surface area contributed by atoms with Gasteiger partial charge in [-0.25, -0.2) is 0 Å². The lowest BCUT2D eigenvalue weighted by Gasteiger charge is -2.28. The van der Waals surface area contributed by atoms with Crippen LogP contribution in [0.5, 0.6) is 5.75 Å². The molecule has 1 aliphatic heterocycles. The van der Waals surface area contributed by atoms with Crippen LogP contribution in [-0.2, 0) is 4.79 Å². The van der Waals surface area contributed by atoms with Crippen molar-refractivity contribution >= 4 is 5.91 Å². The second kappa shape index (κ2) is 6.54. The van der Waals surface area contributed by atoms with E-state index in [2.05, 4.69) is 10.2 Å². The number of ether oxygens (including phenoxy) is 1. The summed E-state index contributed by atoms with van der Waals surface area (Å²) in [6, 6.07) is 7.19. The van der Waals surface area contributed by atoms with E-state index < -0.39 is 0 Å². The standard InChI is InChI=1S/C14H21N3O2/c1-19-12-5-3-11(4-6-12)13(14(15)18)17-9-2-7-16-8-10-17/h3-6,13,16H,2,7-10H2,1H3,(H2,15,18). The number of nitrogens with zero attached hydrogens (tertiary/aromatic N) is 1. The van der Waals surface area contributed by atoms with Gasteiger partial charge in [-0.05, 0) is 30.7 Å². The highest BCUT2D eigenvalue weighted by Gasteiger charge is 2.26. The molecule has 1 aromatic carbocycles. The van der Waals surface area contributed by atoms with Gasteiger partial charge >= 0.3 is 0 Å². The van der Waals surface area contributed by atoms with Gasteiger partial charge in [-0.15, -0.1) is 0 Å². The first kappa shape index (κ1) is 13.8. The summed E-state index contributed by atoms with van der Waals surface area (Å²) in [5, 5.41) is 3.33. The first-order valence-electron chi connectivity index (χ1n) is 6.60. The maximum atomic E-state index is 11.8. The molecule has 0 aliphatic carbocycles. The Kier molecular flexibility index (Phi) is 4.76. The molecule has 0 saturated carbocycles. The van der Waals surface area contributed by atoms with E-state index in [1.807, 2.05) is 24.3 Å². The molecule has 1 aliphatic rings. The summed E-state index contributed by atoms with van der Waals surface area (Å²) in [7, 11) is 1.63. The average molecular weight is 263 g/mol. The van der Waals surface area contributed by atoms with Crippen molar-refractivity contribution in [2.24, 2.45) is 5.73 Å². The van der Waals surface area contributed by atoms with E-state index in [-0.39, 0.29) is 11.9 Å². The number of primary amides is 1. The second-order valence-electron chi connectivity index (χ2n) is 4.72. The zero-order chi connectivity index (χ0) is 13.7. The number of methoxy groups -OCH3 is 1. The number of amides is 1. The van der Waals surface area contributed by atoms with Crippen LogP contribution in [0.15, 0.2) is 24.3 Å². The zero-order valence-corrected chi connectivity index (χ0v) is 11.3. The van der Waals surface area contributed by atoms with Gasteiger partial charge < -0.3 is 15.8 Å². The fraction of sp³-hybridized carbons (Fsp3) is 0.500. The van der Waals surface area contributed by atoms with Crippen molar-refractivity contribution in [3.63, 3.8) is 0 Å². The molecule has 5 heteroatoms. The molecule has 3 N–H and O–H groups in total. The molecule has 0 radical (unpaired) electrons. The minimum absolute atomic E-state index is 0.299. The number of carbonyl (C=O) groups is 1. The minimum Gasteiger partial charge on any atom is -0.497 e. The lowest BCUT2D eigenvalue weighted by Crippen LogP contribution is -2.39. The van der Waals surface area contributed by atoms with E-state index in [0.717, 1.165) is 43.9 Å². The Balaban J connectivity index is 2.20. The predicted octanol–water partition coefficient (Wildman–Crippen LogP) is 0.517. The van der Waals surface area contributed by atoms with Crippen LogP contribution in [0.2, 0.25) is 0 Å². The topological polar surface area (TPSA) is 67.6 Å². The Morgan fingerprint density at radius 1 is 1.32 bits per heavy atom. The predicted molar refractivity (Wildman–Crippen MR) is 74.0 cm³/mol. The highest BCUT2D eigenvalue weighted by atomic mass is 16.5. The summed E-state index contributed by atoms with van der Waals surface area (Å²) >= 11 is 0. The number of nitrogens with two attached hydrogens (primary N) is 1. The molecule has 5 nitrogen and oxygen atoms in total. The molecular weight excluding hydrogens is 242 g/mol. The molecule has 1 saturated heterocycles. The highest BCUT2D eigenvalue weighted by Crippen LogP contribution is 2.23. The van der Waals surface area contributed by atoms with Crippen LogP contribution in [0.3, 0.4) is 0 Å². The summed E-state index contributed by atoms with van der Waals surface area (Å²) in [4.78, 5) is 13.9. The van der Waals surface area contributed by atoms with Gasteiger partial charge in [0.1, 0.15) is 11.8 Å². The van der Waals surface area contributed by atoms with Crippen molar-refractivity contribution in [2.75, 3.05) is 33.3 Å². The van der Waals surface area contributed by atoms with E-state index in [0.29, 0.717) is 0 Å². The summed E-state index contributed by atoms with van der Waals surface area (Å²) in [6.07, 6.45) is 1.03. The van der Waals surface area contributed by atoms with Crippen molar-refractivity contribution < 1.29 is 9.53 Å². The quantitative estimate of drug-likeness (QED) is 0.831. The number of hydrogen-bond donors (Lipinski definition) is 2. The van der Waals surface area contributed by atoms with Gasteiger partial charge in [-0.2, -0.15) is 0 Å². The smallest absolute Gasteiger partial charge is 0.239 e. The Hall–Kier alpha value is -1.59.